The Balaban J connectivity index is 2.06. The second-order valence-corrected chi connectivity index (χ2v) is 9.90. The van der Waals surface area contributed by atoms with Gasteiger partial charge in [-0.2, -0.15) is 0 Å². The smallest absolute Gasteiger partial charge is 0.325 e. The Kier molecular flexibility index (Phi) is 7.06. The number of benzene rings is 2. The average molecular weight is 593 g/mol. The van der Waals surface area contributed by atoms with E-state index in [4.69, 9.17) is 9.84 Å². The molecule has 1 aliphatic rings. The summed E-state index contributed by atoms with van der Waals surface area (Å²) in [6, 6.07) is 11.2. The number of hydrogen-bond donors (Lipinski definition) is 1. The minimum absolute atomic E-state index is 0.0870. The number of carbonyl (C=O) groups excluding carboxylic acids is 1. The highest BCUT2D eigenvalue weighted by atomic mass is 79.9. The van der Waals surface area contributed by atoms with E-state index in [9.17, 15) is 9.59 Å². The molecule has 2 aromatic carbocycles. The molecule has 170 valence electrons. The van der Waals surface area contributed by atoms with Crippen molar-refractivity contribution in [3.63, 3.8) is 0 Å². The van der Waals surface area contributed by atoms with E-state index < -0.39 is 6.17 Å². The number of nitrogens with one attached hydrogen (secondary N) is 1. The average Bonchev–Trinajstić information content (AvgIpc) is 2.80. The third kappa shape index (κ3) is 4.27. The Bertz CT molecular complexity index is 1290. The van der Waals surface area contributed by atoms with Crippen LogP contribution in [0.4, 0.5) is 5.69 Å². The number of aromatic nitrogens is 3. The lowest BCUT2D eigenvalue weighted by Gasteiger charge is -2.32. The number of rotatable bonds is 6. The fourth-order valence-corrected chi connectivity index (χ4v) is 5.97. The van der Waals surface area contributed by atoms with E-state index in [2.05, 4.69) is 43.4 Å². The lowest BCUT2D eigenvalue weighted by Crippen LogP contribution is -2.60. The number of ether oxygens (including phenoxy) is 1. The number of H-pyrrole nitrogens is 1. The Morgan fingerprint density at radius 1 is 1.33 bits per heavy atom. The predicted octanol–water partition coefficient (Wildman–Crippen LogP) is 4.84. The number of amides is 1. The van der Waals surface area contributed by atoms with E-state index in [0.717, 1.165) is 5.56 Å². The molecule has 1 aromatic heterocycles. The van der Waals surface area contributed by atoms with Crippen LogP contribution in [0.15, 0.2) is 67.9 Å². The van der Waals surface area contributed by atoms with Gasteiger partial charge < -0.3 is 4.74 Å². The fraction of sp³-hybridized carbons (Fsp3) is 0.217. The summed E-state index contributed by atoms with van der Waals surface area (Å²) in [4.78, 5) is 31.1. The van der Waals surface area contributed by atoms with Crippen LogP contribution in [0.2, 0.25) is 0 Å². The summed E-state index contributed by atoms with van der Waals surface area (Å²) in [7, 11) is 1.59. The van der Waals surface area contributed by atoms with Gasteiger partial charge in [0.15, 0.2) is 0 Å². The van der Waals surface area contributed by atoms with Crippen LogP contribution in [-0.4, -0.2) is 28.9 Å². The molecule has 0 spiro atoms. The number of para-hydroxylation sites is 1. The first-order chi connectivity index (χ1) is 15.9. The number of fused-ring (bicyclic) bond motifs is 3. The summed E-state index contributed by atoms with van der Waals surface area (Å²) in [5.74, 6) is 1.13. The van der Waals surface area contributed by atoms with E-state index in [0.29, 0.717) is 49.0 Å². The van der Waals surface area contributed by atoms with Crippen molar-refractivity contribution < 1.29 is 14.2 Å². The second-order valence-electron chi connectivity index (χ2n) is 7.18. The molecule has 1 atom stereocenters. The van der Waals surface area contributed by atoms with Gasteiger partial charge in [0.1, 0.15) is 5.75 Å². The fourth-order valence-electron chi connectivity index (χ4n) is 3.84. The summed E-state index contributed by atoms with van der Waals surface area (Å²) < 4.78 is 8.52. The number of carbonyl (C=O) groups is 1. The summed E-state index contributed by atoms with van der Waals surface area (Å²) in [6.45, 7) is 5.56. The van der Waals surface area contributed by atoms with Crippen LogP contribution in [0, 0.1) is 0 Å². The van der Waals surface area contributed by atoms with Crippen molar-refractivity contribution in [1.29, 1.82) is 0 Å². The van der Waals surface area contributed by atoms with Gasteiger partial charge >= 0.3 is 11.3 Å². The molecule has 0 unspecified atom stereocenters. The summed E-state index contributed by atoms with van der Waals surface area (Å²) in [5, 5.41) is 5.21. The minimum Gasteiger partial charge on any atom is -0.494 e. The Labute approximate surface area is 212 Å². The van der Waals surface area contributed by atoms with Crippen LogP contribution in [0.25, 0.3) is 11.3 Å². The van der Waals surface area contributed by atoms with Crippen molar-refractivity contribution in [2.24, 2.45) is 0 Å². The standard InChI is InChI=1S/C23H20Br2N4O3S/c1-4-10-33-23-26-21(31)19-14-8-6-7-9-17(14)28(18(30)5-2)22(29(19)27-23)13-11-15(24)20(32-3)16(25)12-13/h4,6-9,11-12,22H,1,5,10H2,2-3H3/p+1/t22-/m0/s1. The molecule has 7 nitrogen and oxygen atoms in total. The molecule has 1 aliphatic heterocycles. The molecular formula is C23H21Br2N4O3S+. The maximum atomic E-state index is 13.3. The van der Waals surface area contributed by atoms with Gasteiger partial charge in [-0.1, -0.05) is 36.9 Å². The summed E-state index contributed by atoms with van der Waals surface area (Å²) >= 11 is 8.49. The zero-order valence-electron chi connectivity index (χ0n) is 18.0. The van der Waals surface area contributed by atoms with E-state index in [-0.39, 0.29) is 11.5 Å². The molecule has 0 saturated heterocycles. The first-order valence-electron chi connectivity index (χ1n) is 10.2. The van der Waals surface area contributed by atoms with Gasteiger partial charge in [-0.05, 0) is 60.8 Å². The zero-order valence-corrected chi connectivity index (χ0v) is 22.0. The van der Waals surface area contributed by atoms with Crippen LogP contribution in [0.1, 0.15) is 25.1 Å². The van der Waals surface area contributed by atoms with Gasteiger partial charge in [0.05, 0.1) is 27.3 Å². The first kappa shape index (κ1) is 23.7. The number of thioether (sulfide) groups is 1. The van der Waals surface area contributed by atoms with Crippen molar-refractivity contribution in [3.8, 4) is 17.0 Å². The highest BCUT2D eigenvalue weighted by molar-refractivity contribution is 9.11. The Morgan fingerprint density at radius 3 is 2.67 bits per heavy atom. The molecule has 4 rings (SSSR count). The van der Waals surface area contributed by atoms with Crippen LogP contribution in [0.3, 0.4) is 0 Å². The van der Waals surface area contributed by atoms with E-state index in [1.807, 2.05) is 43.3 Å². The van der Waals surface area contributed by atoms with Gasteiger partial charge in [-0.3, -0.25) is 14.6 Å². The SMILES string of the molecule is C=CCSc1n[n+]2c(c(=O)[nH]1)-c1ccccc1N(C(=O)CC)[C@@H]2c1cc(Br)c(OC)c(Br)c1. The minimum atomic E-state index is -0.675. The van der Waals surface area contributed by atoms with Crippen molar-refractivity contribution in [3.05, 3.63) is 73.9 Å². The molecule has 0 radical (unpaired) electrons. The van der Waals surface area contributed by atoms with Gasteiger partial charge in [0.2, 0.25) is 11.1 Å². The molecule has 33 heavy (non-hydrogen) atoms. The van der Waals surface area contributed by atoms with Crippen LogP contribution in [0.5, 0.6) is 5.75 Å². The third-order valence-corrected chi connectivity index (χ3v) is 7.23. The van der Waals surface area contributed by atoms with E-state index in [1.54, 1.807) is 22.8 Å². The molecule has 10 heteroatoms. The van der Waals surface area contributed by atoms with Crippen LogP contribution >= 0.6 is 43.6 Å². The maximum absolute atomic E-state index is 13.3. The second kappa shape index (κ2) is 9.82. The number of methoxy groups -OCH3 is 1. The third-order valence-electron chi connectivity index (χ3n) is 5.19. The molecule has 0 saturated carbocycles. The van der Waals surface area contributed by atoms with Gasteiger partial charge in [-0.25, -0.2) is 4.90 Å². The molecule has 3 aromatic rings. The Morgan fingerprint density at radius 2 is 2.03 bits per heavy atom. The summed E-state index contributed by atoms with van der Waals surface area (Å²) in [6.07, 6.45) is 1.36. The van der Waals surface area contributed by atoms with Crippen LogP contribution < -0.4 is 19.9 Å². The van der Waals surface area contributed by atoms with Crippen molar-refractivity contribution >= 4 is 55.2 Å². The number of hydrogen-bond acceptors (Lipinski definition) is 5. The zero-order chi connectivity index (χ0) is 23.7. The normalized spacial score (nSPS) is 14.4. The monoisotopic (exact) mass is 591 g/mol. The van der Waals surface area contributed by atoms with Crippen molar-refractivity contribution in [2.45, 2.75) is 24.7 Å². The molecule has 1 N–H and O–H groups in total. The number of halogens is 2. The lowest BCUT2D eigenvalue weighted by atomic mass is 10.0. The van der Waals surface area contributed by atoms with Gasteiger partial charge in [0, 0.05) is 22.8 Å². The molecule has 0 aliphatic carbocycles. The molecule has 0 bridgehead atoms. The van der Waals surface area contributed by atoms with Crippen molar-refractivity contribution in [2.75, 3.05) is 17.8 Å². The number of anilines is 1. The first-order valence-corrected chi connectivity index (χ1v) is 12.7. The van der Waals surface area contributed by atoms with Crippen molar-refractivity contribution in [1.82, 2.24) is 10.1 Å². The largest absolute Gasteiger partial charge is 0.494 e. The predicted molar refractivity (Wildman–Crippen MR) is 136 cm³/mol. The summed E-state index contributed by atoms with van der Waals surface area (Å²) in [5.41, 5.74) is 2.19. The van der Waals surface area contributed by atoms with Gasteiger partial charge in [0.25, 0.3) is 6.17 Å². The van der Waals surface area contributed by atoms with Crippen LogP contribution in [-0.2, 0) is 4.79 Å². The highest BCUT2D eigenvalue weighted by Gasteiger charge is 2.45. The maximum Gasteiger partial charge on any atom is 0.325 e. The lowest BCUT2D eigenvalue weighted by molar-refractivity contribution is -0.763. The number of nitrogens with zero attached hydrogens (tertiary/aromatic N) is 3. The van der Waals surface area contributed by atoms with E-state index >= 15 is 0 Å². The molecule has 2 heterocycles. The van der Waals surface area contributed by atoms with Gasteiger partial charge in [-0.15, -0.1) is 6.58 Å². The quantitative estimate of drug-likeness (QED) is 0.252. The molecule has 0 fully saturated rings. The van der Waals surface area contributed by atoms with E-state index in [1.165, 1.54) is 11.8 Å². The Hall–Kier alpha value is -2.43. The molecular weight excluding hydrogens is 572 g/mol. The highest BCUT2D eigenvalue weighted by Crippen LogP contribution is 2.41. The molecule has 1 amide bonds. The topological polar surface area (TPSA) is 79.2 Å². The number of aromatic amines is 1.